The van der Waals surface area contributed by atoms with Gasteiger partial charge in [-0.1, -0.05) is 0 Å². The van der Waals surface area contributed by atoms with E-state index in [9.17, 15) is 9.59 Å². The maximum Gasteiger partial charge on any atom is 0.407 e. The van der Waals surface area contributed by atoms with Crippen molar-refractivity contribution in [1.82, 2.24) is 10.6 Å². The minimum absolute atomic E-state index is 0.0379. The second-order valence-corrected chi connectivity index (χ2v) is 5.98. The fraction of sp³-hybridized carbons (Fsp3) is 0.846. The Labute approximate surface area is 113 Å². The van der Waals surface area contributed by atoms with Crippen LogP contribution < -0.4 is 10.6 Å². The van der Waals surface area contributed by atoms with E-state index in [0.29, 0.717) is 0 Å². The summed E-state index contributed by atoms with van der Waals surface area (Å²) in [6, 6.07) is 0.194. The molecule has 0 spiro atoms. The molecular formula is C13H24N2O4. The molecule has 1 rings (SSSR count). The zero-order valence-corrected chi connectivity index (χ0v) is 11.9. The summed E-state index contributed by atoms with van der Waals surface area (Å²) in [5.41, 5.74) is -0.500. The number of alkyl carbamates (subject to hydrolysis) is 1. The molecular weight excluding hydrogens is 248 g/mol. The topological polar surface area (TPSA) is 87.7 Å². The lowest BCUT2D eigenvalue weighted by atomic mass is 9.91. The Morgan fingerprint density at radius 2 is 1.89 bits per heavy atom. The van der Waals surface area contributed by atoms with Crippen molar-refractivity contribution < 1.29 is 19.4 Å². The molecule has 0 aliphatic heterocycles. The fourth-order valence-electron chi connectivity index (χ4n) is 2.21. The van der Waals surface area contributed by atoms with Gasteiger partial charge in [-0.3, -0.25) is 4.79 Å². The van der Waals surface area contributed by atoms with Crippen molar-refractivity contribution in [2.24, 2.45) is 0 Å². The standard InChI is InChI=1S/C13H24N2O4/c1-13(2,3)19-12(18)15-10-6-4-5-9(7-10)14-8-11(16)17/h9-10,14H,4-8H2,1-3H3,(H,15,18)(H,16,17). The third kappa shape index (κ3) is 7.00. The molecule has 0 aromatic carbocycles. The highest BCUT2D eigenvalue weighted by Gasteiger charge is 2.25. The van der Waals surface area contributed by atoms with E-state index >= 15 is 0 Å². The number of carboxylic acid groups (broad SMARTS) is 1. The zero-order chi connectivity index (χ0) is 14.5. The van der Waals surface area contributed by atoms with E-state index in [1.54, 1.807) is 0 Å². The van der Waals surface area contributed by atoms with Gasteiger partial charge in [0.1, 0.15) is 5.60 Å². The highest BCUT2D eigenvalue weighted by molar-refractivity contribution is 5.69. The Morgan fingerprint density at radius 1 is 1.26 bits per heavy atom. The molecule has 1 saturated carbocycles. The monoisotopic (exact) mass is 272 g/mol. The van der Waals surface area contributed by atoms with E-state index in [2.05, 4.69) is 10.6 Å². The predicted molar refractivity (Wildman–Crippen MR) is 71.1 cm³/mol. The highest BCUT2D eigenvalue weighted by atomic mass is 16.6. The minimum Gasteiger partial charge on any atom is -0.480 e. The summed E-state index contributed by atoms with van der Waals surface area (Å²) in [5, 5.41) is 14.5. The molecule has 1 aliphatic rings. The van der Waals surface area contributed by atoms with Gasteiger partial charge in [0, 0.05) is 12.1 Å². The number of nitrogens with one attached hydrogen (secondary N) is 2. The second-order valence-electron chi connectivity index (χ2n) is 5.98. The van der Waals surface area contributed by atoms with Gasteiger partial charge in [-0.25, -0.2) is 4.79 Å². The van der Waals surface area contributed by atoms with Crippen LogP contribution in [0.3, 0.4) is 0 Å². The van der Waals surface area contributed by atoms with Crippen molar-refractivity contribution in [2.75, 3.05) is 6.54 Å². The fourth-order valence-corrected chi connectivity index (χ4v) is 2.21. The smallest absolute Gasteiger partial charge is 0.407 e. The first-order valence-electron chi connectivity index (χ1n) is 6.71. The number of hydrogen-bond donors (Lipinski definition) is 3. The van der Waals surface area contributed by atoms with Crippen LogP contribution in [0.25, 0.3) is 0 Å². The van der Waals surface area contributed by atoms with Crippen LogP contribution in [0.5, 0.6) is 0 Å². The first-order chi connectivity index (χ1) is 8.76. The van der Waals surface area contributed by atoms with Crippen LogP contribution in [0.2, 0.25) is 0 Å². The summed E-state index contributed by atoms with van der Waals surface area (Å²) in [6.07, 6.45) is 3.16. The van der Waals surface area contributed by atoms with Crippen molar-refractivity contribution in [1.29, 1.82) is 0 Å². The molecule has 1 fully saturated rings. The van der Waals surface area contributed by atoms with Crippen LogP contribution in [-0.4, -0.2) is 41.4 Å². The quantitative estimate of drug-likeness (QED) is 0.722. The van der Waals surface area contributed by atoms with E-state index in [1.807, 2.05) is 20.8 Å². The maximum absolute atomic E-state index is 11.7. The van der Waals surface area contributed by atoms with Crippen molar-refractivity contribution in [3.63, 3.8) is 0 Å². The number of hydrogen-bond acceptors (Lipinski definition) is 4. The lowest BCUT2D eigenvalue weighted by molar-refractivity contribution is -0.136. The Kier molecular flexibility index (Phi) is 5.60. The highest BCUT2D eigenvalue weighted by Crippen LogP contribution is 2.19. The number of carbonyl (C=O) groups is 2. The van der Waals surface area contributed by atoms with Gasteiger partial charge in [0.2, 0.25) is 0 Å². The van der Waals surface area contributed by atoms with E-state index < -0.39 is 17.7 Å². The largest absolute Gasteiger partial charge is 0.480 e. The van der Waals surface area contributed by atoms with Crippen LogP contribution in [0.1, 0.15) is 46.5 Å². The van der Waals surface area contributed by atoms with Crippen LogP contribution in [0.4, 0.5) is 4.79 Å². The van der Waals surface area contributed by atoms with Gasteiger partial charge in [-0.2, -0.15) is 0 Å². The third-order valence-electron chi connectivity index (χ3n) is 2.94. The van der Waals surface area contributed by atoms with Gasteiger partial charge in [-0.05, 0) is 46.5 Å². The SMILES string of the molecule is CC(C)(C)OC(=O)NC1CCCC(NCC(=O)O)C1. The molecule has 0 heterocycles. The maximum atomic E-state index is 11.7. The molecule has 110 valence electrons. The number of carboxylic acids is 1. The van der Waals surface area contributed by atoms with E-state index in [1.165, 1.54) is 0 Å². The number of amides is 1. The second kappa shape index (κ2) is 6.75. The molecule has 2 unspecified atom stereocenters. The lowest BCUT2D eigenvalue weighted by Crippen LogP contribution is -2.46. The number of aliphatic carboxylic acids is 1. The minimum atomic E-state index is -0.859. The summed E-state index contributed by atoms with van der Waals surface area (Å²) in [5.74, 6) is -0.859. The van der Waals surface area contributed by atoms with Gasteiger partial charge in [-0.15, -0.1) is 0 Å². The summed E-state index contributed by atoms with van der Waals surface area (Å²) >= 11 is 0. The Balaban J connectivity index is 2.34. The third-order valence-corrected chi connectivity index (χ3v) is 2.94. The average Bonchev–Trinajstić information content (AvgIpc) is 2.24. The average molecular weight is 272 g/mol. The van der Waals surface area contributed by atoms with Crippen molar-refractivity contribution >= 4 is 12.1 Å². The molecule has 3 N–H and O–H groups in total. The van der Waals surface area contributed by atoms with Gasteiger partial charge in [0.15, 0.2) is 0 Å². The van der Waals surface area contributed by atoms with Crippen LogP contribution in [0.15, 0.2) is 0 Å². The van der Waals surface area contributed by atoms with Crippen molar-refractivity contribution in [3.05, 3.63) is 0 Å². The van der Waals surface area contributed by atoms with Gasteiger partial charge in [0.05, 0.1) is 6.54 Å². The molecule has 6 nitrogen and oxygen atoms in total. The van der Waals surface area contributed by atoms with Crippen molar-refractivity contribution in [2.45, 2.75) is 64.1 Å². The Bertz CT molecular complexity index is 325. The first kappa shape index (κ1) is 15.8. The van der Waals surface area contributed by atoms with Gasteiger partial charge >= 0.3 is 12.1 Å². The number of carbonyl (C=O) groups excluding carboxylic acids is 1. The van der Waals surface area contributed by atoms with Crippen LogP contribution in [0, 0.1) is 0 Å². The van der Waals surface area contributed by atoms with E-state index in [0.717, 1.165) is 25.7 Å². The molecule has 1 aliphatic carbocycles. The molecule has 2 atom stereocenters. The molecule has 6 heteroatoms. The number of ether oxygens (including phenoxy) is 1. The van der Waals surface area contributed by atoms with Crippen LogP contribution in [-0.2, 0) is 9.53 Å². The Hall–Kier alpha value is -1.30. The summed E-state index contributed by atoms with van der Waals surface area (Å²) in [4.78, 5) is 22.2. The number of rotatable bonds is 4. The van der Waals surface area contributed by atoms with Crippen molar-refractivity contribution in [3.8, 4) is 0 Å². The predicted octanol–water partition coefficient (Wildman–Crippen LogP) is 1.50. The molecule has 19 heavy (non-hydrogen) atoms. The summed E-state index contributed by atoms with van der Waals surface area (Å²) in [6.45, 7) is 5.43. The summed E-state index contributed by atoms with van der Waals surface area (Å²) in [7, 11) is 0. The molecule has 0 saturated heterocycles. The van der Waals surface area contributed by atoms with Crippen LogP contribution >= 0.6 is 0 Å². The Morgan fingerprint density at radius 3 is 2.47 bits per heavy atom. The molecule has 0 aromatic rings. The van der Waals surface area contributed by atoms with Gasteiger partial charge in [0.25, 0.3) is 0 Å². The van der Waals surface area contributed by atoms with E-state index in [-0.39, 0.29) is 18.6 Å². The normalized spacial score (nSPS) is 23.7. The van der Waals surface area contributed by atoms with E-state index in [4.69, 9.17) is 9.84 Å². The lowest BCUT2D eigenvalue weighted by Gasteiger charge is -2.30. The summed E-state index contributed by atoms with van der Waals surface area (Å²) < 4.78 is 5.21. The molecule has 0 radical (unpaired) electrons. The first-order valence-corrected chi connectivity index (χ1v) is 6.71. The zero-order valence-electron chi connectivity index (χ0n) is 11.9. The van der Waals surface area contributed by atoms with Gasteiger partial charge < -0.3 is 20.5 Å². The molecule has 1 amide bonds. The molecule has 0 aromatic heterocycles. The molecule has 0 bridgehead atoms.